The number of benzene rings is 1. The molecule has 1 N–H and O–H groups in total. The molecule has 5 heteroatoms. The molecule has 0 spiro atoms. The topological polar surface area (TPSA) is 68.0 Å². The number of aldehydes is 1. The van der Waals surface area contributed by atoms with E-state index in [4.69, 9.17) is 0 Å². The average Bonchev–Trinajstić information content (AvgIpc) is 2.71. The van der Waals surface area contributed by atoms with Gasteiger partial charge in [-0.1, -0.05) is 0 Å². The van der Waals surface area contributed by atoms with Gasteiger partial charge in [-0.15, -0.1) is 0 Å². The number of aromatic hydroxyl groups is 1. The van der Waals surface area contributed by atoms with Crippen LogP contribution in [0.1, 0.15) is 10.4 Å². The SMILES string of the molecule is O=Cc1cc(-n2cncn2)ccc1O. The molecule has 0 unspecified atom stereocenters. The number of phenols is 1. The van der Waals surface area contributed by atoms with Gasteiger partial charge in [-0.05, 0) is 18.2 Å². The highest BCUT2D eigenvalue weighted by Gasteiger charge is 2.02. The number of hydrogen-bond acceptors (Lipinski definition) is 4. The molecule has 0 radical (unpaired) electrons. The first-order valence-electron chi connectivity index (χ1n) is 3.94. The van der Waals surface area contributed by atoms with Crippen LogP contribution >= 0.6 is 0 Å². The smallest absolute Gasteiger partial charge is 0.153 e. The molecule has 1 aromatic carbocycles. The second kappa shape index (κ2) is 3.29. The van der Waals surface area contributed by atoms with E-state index in [-0.39, 0.29) is 11.3 Å². The van der Waals surface area contributed by atoms with E-state index in [1.807, 2.05) is 0 Å². The normalized spacial score (nSPS) is 10.0. The van der Waals surface area contributed by atoms with Crippen LogP contribution < -0.4 is 0 Å². The van der Waals surface area contributed by atoms with Gasteiger partial charge in [0, 0.05) is 0 Å². The third-order valence-corrected chi connectivity index (χ3v) is 1.82. The van der Waals surface area contributed by atoms with Crippen LogP contribution in [0.2, 0.25) is 0 Å². The van der Waals surface area contributed by atoms with Crippen molar-refractivity contribution in [1.82, 2.24) is 14.8 Å². The predicted octanol–water partition coefficient (Wildman–Crippen LogP) is 0.785. The number of carbonyl (C=O) groups is 1. The van der Waals surface area contributed by atoms with E-state index < -0.39 is 0 Å². The number of phenolic OH excluding ortho intramolecular Hbond substituents is 1. The van der Waals surface area contributed by atoms with Gasteiger partial charge in [-0.3, -0.25) is 4.79 Å². The molecular weight excluding hydrogens is 182 g/mol. The molecule has 2 aromatic rings. The van der Waals surface area contributed by atoms with Gasteiger partial charge in [-0.2, -0.15) is 5.10 Å². The minimum absolute atomic E-state index is 0.0381. The fourth-order valence-corrected chi connectivity index (χ4v) is 1.12. The van der Waals surface area contributed by atoms with Crippen molar-refractivity contribution in [1.29, 1.82) is 0 Å². The van der Waals surface area contributed by atoms with E-state index in [0.717, 1.165) is 0 Å². The van der Waals surface area contributed by atoms with Gasteiger partial charge < -0.3 is 5.11 Å². The fourth-order valence-electron chi connectivity index (χ4n) is 1.12. The molecule has 0 aliphatic rings. The Kier molecular flexibility index (Phi) is 1.98. The summed E-state index contributed by atoms with van der Waals surface area (Å²) in [6.07, 6.45) is 3.50. The number of nitrogens with zero attached hydrogens (tertiary/aromatic N) is 3. The zero-order chi connectivity index (χ0) is 9.97. The highest BCUT2D eigenvalue weighted by Crippen LogP contribution is 2.17. The Morgan fingerprint density at radius 1 is 1.43 bits per heavy atom. The second-order valence-electron chi connectivity index (χ2n) is 2.70. The molecule has 0 fully saturated rings. The van der Waals surface area contributed by atoms with Crippen molar-refractivity contribution in [3.8, 4) is 11.4 Å². The van der Waals surface area contributed by atoms with Crippen LogP contribution in [0.3, 0.4) is 0 Å². The quantitative estimate of drug-likeness (QED) is 0.709. The molecule has 0 aliphatic carbocycles. The Labute approximate surface area is 79.6 Å². The van der Waals surface area contributed by atoms with Crippen LogP contribution in [0, 0.1) is 0 Å². The highest BCUT2D eigenvalue weighted by molar-refractivity contribution is 5.80. The minimum Gasteiger partial charge on any atom is -0.507 e. The Morgan fingerprint density at radius 2 is 2.29 bits per heavy atom. The van der Waals surface area contributed by atoms with Gasteiger partial charge in [0.25, 0.3) is 0 Å². The van der Waals surface area contributed by atoms with Crippen LogP contribution in [0.15, 0.2) is 30.9 Å². The first-order chi connectivity index (χ1) is 6.81. The second-order valence-corrected chi connectivity index (χ2v) is 2.70. The molecule has 2 rings (SSSR count). The Bertz CT molecular complexity index is 451. The van der Waals surface area contributed by atoms with Crippen molar-refractivity contribution in [3.63, 3.8) is 0 Å². The molecule has 14 heavy (non-hydrogen) atoms. The Morgan fingerprint density at radius 3 is 2.93 bits per heavy atom. The van der Waals surface area contributed by atoms with Crippen molar-refractivity contribution in [2.75, 3.05) is 0 Å². The maximum absolute atomic E-state index is 10.5. The molecule has 0 saturated carbocycles. The van der Waals surface area contributed by atoms with Crippen LogP contribution in [0.25, 0.3) is 5.69 Å². The van der Waals surface area contributed by atoms with Gasteiger partial charge in [0.2, 0.25) is 0 Å². The average molecular weight is 189 g/mol. The number of carbonyl (C=O) groups excluding carboxylic acids is 1. The molecule has 0 bridgehead atoms. The Balaban J connectivity index is 2.51. The molecular formula is C9H7N3O2. The number of hydrogen-bond donors (Lipinski definition) is 1. The van der Waals surface area contributed by atoms with E-state index in [2.05, 4.69) is 10.1 Å². The van der Waals surface area contributed by atoms with Crippen molar-refractivity contribution in [2.24, 2.45) is 0 Å². The summed E-state index contributed by atoms with van der Waals surface area (Å²) >= 11 is 0. The molecule has 0 saturated heterocycles. The van der Waals surface area contributed by atoms with Crippen molar-refractivity contribution >= 4 is 6.29 Å². The molecule has 1 aromatic heterocycles. The minimum atomic E-state index is -0.0381. The summed E-state index contributed by atoms with van der Waals surface area (Å²) in [7, 11) is 0. The summed E-state index contributed by atoms with van der Waals surface area (Å²) in [4.78, 5) is 14.3. The van der Waals surface area contributed by atoms with Crippen LogP contribution in [-0.2, 0) is 0 Å². The zero-order valence-corrected chi connectivity index (χ0v) is 7.16. The van der Waals surface area contributed by atoms with E-state index in [1.165, 1.54) is 29.5 Å². The van der Waals surface area contributed by atoms with Crippen molar-refractivity contribution in [2.45, 2.75) is 0 Å². The maximum atomic E-state index is 10.5. The van der Waals surface area contributed by atoms with E-state index in [1.54, 1.807) is 6.07 Å². The molecule has 5 nitrogen and oxygen atoms in total. The van der Waals surface area contributed by atoms with Crippen LogP contribution in [0.5, 0.6) is 5.75 Å². The van der Waals surface area contributed by atoms with Crippen molar-refractivity contribution < 1.29 is 9.90 Å². The van der Waals surface area contributed by atoms with E-state index >= 15 is 0 Å². The first kappa shape index (κ1) is 8.43. The molecule has 0 amide bonds. The number of rotatable bonds is 2. The maximum Gasteiger partial charge on any atom is 0.153 e. The molecule has 0 aliphatic heterocycles. The van der Waals surface area contributed by atoms with Gasteiger partial charge in [0.15, 0.2) is 6.29 Å². The summed E-state index contributed by atoms with van der Waals surface area (Å²) in [5.74, 6) is -0.0381. The van der Waals surface area contributed by atoms with Crippen molar-refractivity contribution in [3.05, 3.63) is 36.4 Å². The first-order valence-corrected chi connectivity index (χ1v) is 3.94. The van der Waals surface area contributed by atoms with Gasteiger partial charge in [0.05, 0.1) is 11.3 Å². The largest absolute Gasteiger partial charge is 0.507 e. The molecule has 70 valence electrons. The third-order valence-electron chi connectivity index (χ3n) is 1.82. The summed E-state index contributed by atoms with van der Waals surface area (Å²) in [6.45, 7) is 0. The third kappa shape index (κ3) is 1.35. The lowest BCUT2D eigenvalue weighted by molar-refractivity contribution is 0.112. The lowest BCUT2D eigenvalue weighted by atomic mass is 10.2. The van der Waals surface area contributed by atoms with E-state index in [9.17, 15) is 9.90 Å². The van der Waals surface area contributed by atoms with Gasteiger partial charge in [0.1, 0.15) is 18.4 Å². The van der Waals surface area contributed by atoms with Gasteiger partial charge >= 0.3 is 0 Å². The highest BCUT2D eigenvalue weighted by atomic mass is 16.3. The van der Waals surface area contributed by atoms with Crippen LogP contribution in [-0.4, -0.2) is 26.2 Å². The van der Waals surface area contributed by atoms with Gasteiger partial charge in [-0.25, -0.2) is 9.67 Å². The predicted molar refractivity (Wildman–Crippen MR) is 48.4 cm³/mol. The summed E-state index contributed by atoms with van der Waals surface area (Å²) < 4.78 is 1.51. The monoisotopic (exact) mass is 189 g/mol. The summed E-state index contributed by atoms with van der Waals surface area (Å²) in [5.41, 5.74) is 0.917. The standard InChI is InChI=1S/C9H7N3O2/c13-4-7-3-8(1-2-9(7)14)12-6-10-5-11-12/h1-6,14H. The van der Waals surface area contributed by atoms with Crippen LogP contribution in [0.4, 0.5) is 0 Å². The summed E-state index contributed by atoms with van der Waals surface area (Å²) in [6, 6.07) is 4.63. The lowest BCUT2D eigenvalue weighted by Gasteiger charge is -2.02. The Hall–Kier alpha value is -2.17. The fraction of sp³-hybridized carbons (Fsp3) is 0. The summed E-state index contributed by atoms with van der Waals surface area (Å²) in [5, 5.41) is 13.2. The lowest BCUT2D eigenvalue weighted by Crippen LogP contribution is -1.95. The number of aromatic nitrogens is 3. The zero-order valence-electron chi connectivity index (χ0n) is 7.16. The molecule has 1 heterocycles. The van der Waals surface area contributed by atoms with E-state index in [0.29, 0.717) is 12.0 Å². The molecule has 0 atom stereocenters.